The number of fused-ring (bicyclic) bond motifs is 1. The molecule has 0 aromatic heterocycles. The highest BCUT2D eigenvalue weighted by atomic mass is 16.5. The zero-order valence-electron chi connectivity index (χ0n) is 14.7. The van der Waals surface area contributed by atoms with Crippen molar-refractivity contribution >= 4 is 11.9 Å². The summed E-state index contributed by atoms with van der Waals surface area (Å²) in [5.41, 5.74) is 2.98. The highest BCUT2D eigenvalue weighted by Gasteiger charge is 2.22. The van der Waals surface area contributed by atoms with Gasteiger partial charge in [0.1, 0.15) is 0 Å². The summed E-state index contributed by atoms with van der Waals surface area (Å²) in [6, 6.07) is 5.74. The van der Waals surface area contributed by atoms with E-state index in [1.807, 2.05) is 43.3 Å². The summed E-state index contributed by atoms with van der Waals surface area (Å²) >= 11 is 0. The third kappa shape index (κ3) is 4.93. The Balaban J connectivity index is 2.02. The van der Waals surface area contributed by atoms with Crippen LogP contribution in [0.1, 0.15) is 40.2 Å². The number of methoxy groups -OCH3 is 1. The first-order valence-electron chi connectivity index (χ1n) is 8.31. The topological polar surface area (TPSA) is 58.6 Å². The molecule has 0 aliphatic heterocycles. The first-order chi connectivity index (χ1) is 11.5. The van der Waals surface area contributed by atoms with Crippen LogP contribution in [-0.4, -0.2) is 51.1 Å². The van der Waals surface area contributed by atoms with Gasteiger partial charge in [-0.2, -0.15) is 0 Å². The van der Waals surface area contributed by atoms with Gasteiger partial charge in [0.05, 0.1) is 12.7 Å². The van der Waals surface area contributed by atoms with Gasteiger partial charge < -0.3 is 15.0 Å². The minimum atomic E-state index is -0.322. The van der Waals surface area contributed by atoms with Crippen molar-refractivity contribution in [3.05, 3.63) is 47.0 Å². The quantitative estimate of drug-likeness (QED) is 0.641. The maximum atomic E-state index is 11.9. The number of aryl methyl sites for hydroxylation is 1. The van der Waals surface area contributed by atoms with Gasteiger partial charge in [0, 0.05) is 25.1 Å². The van der Waals surface area contributed by atoms with E-state index >= 15 is 0 Å². The van der Waals surface area contributed by atoms with Crippen molar-refractivity contribution in [1.82, 2.24) is 10.2 Å². The Morgan fingerprint density at radius 3 is 2.88 bits per heavy atom. The highest BCUT2D eigenvalue weighted by molar-refractivity contribution is 5.89. The predicted molar refractivity (Wildman–Crippen MR) is 94.2 cm³/mol. The predicted octanol–water partition coefficient (Wildman–Crippen LogP) is 2.13. The number of hydrogen-bond donors (Lipinski definition) is 1. The molecule has 130 valence electrons. The summed E-state index contributed by atoms with van der Waals surface area (Å²) < 4.78 is 4.80. The third-order valence-corrected chi connectivity index (χ3v) is 4.27. The zero-order valence-corrected chi connectivity index (χ0v) is 14.7. The minimum Gasteiger partial charge on any atom is -0.465 e. The van der Waals surface area contributed by atoms with Crippen molar-refractivity contribution in [2.45, 2.75) is 25.2 Å². The Labute approximate surface area is 143 Å². The summed E-state index contributed by atoms with van der Waals surface area (Å²) in [5.74, 6) is -0.157. The van der Waals surface area contributed by atoms with Crippen LogP contribution in [0.3, 0.4) is 0 Å². The van der Waals surface area contributed by atoms with Crippen molar-refractivity contribution in [2.24, 2.45) is 0 Å². The number of nitrogens with one attached hydrogen (secondary N) is 1. The smallest absolute Gasteiger partial charge is 0.337 e. The van der Waals surface area contributed by atoms with E-state index in [1.54, 1.807) is 6.08 Å². The lowest BCUT2D eigenvalue weighted by atomic mass is 9.82. The molecule has 1 aromatic rings. The Morgan fingerprint density at radius 1 is 1.38 bits per heavy atom. The van der Waals surface area contributed by atoms with Gasteiger partial charge in [0.2, 0.25) is 5.91 Å². The number of benzene rings is 1. The molecule has 0 saturated carbocycles. The molecule has 1 unspecified atom stereocenters. The van der Waals surface area contributed by atoms with Crippen molar-refractivity contribution in [2.75, 3.05) is 34.3 Å². The number of hydrogen-bond acceptors (Lipinski definition) is 4. The van der Waals surface area contributed by atoms with Crippen LogP contribution in [0.25, 0.3) is 0 Å². The van der Waals surface area contributed by atoms with E-state index in [0.29, 0.717) is 12.1 Å². The Hall–Kier alpha value is -2.14. The molecule has 24 heavy (non-hydrogen) atoms. The number of ether oxygens (including phenoxy) is 1. The first kappa shape index (κ1) is 18.2. The van der Waals surface area contributed by atoms with Gasteiger partial charge in [-0.15, -0.1) is 0 Å². The lowest BCUT2D eigenvalue weighted by Crippen LogP contribution is -2.29. The Morgan fingerprint density at radius 2 is 2.17 bits per heavy atom. The molecule has 1 atom stereocenters. The van der Waals surface area contributed by atoms with E-state index in [4.69, 9.17) is 4.74 Å². The van der Waals surface area contributed by atoms with Gasteiger partial charge in [-0.1, -0.05) is 12.1 Å². The van der Waals surface area contributed by atoms with Gasteiger partial charge in [0.15, 0.2) is 0 Å². The van der Waals surface area contributed by atoms with Gasteiger partial charge >= 0.3 is 5.97 Å². The van der Waals surface area contributed by atoms with E-state index in [-0.39, 0.29) is 17.8 Å². The number of carbonyl (C=O) groups is 2. The molecule has 0 fully saturated rings. The van der Waals surface area contributed by atoms with Crippen LogP contribution in [-0.2, 0) is 16.0 Å². The number of amides is 1. The highest BCUT2D eigenvalue weighted by Crippen LogP contribution is 2.32. The molecular formula is C19H26N2O3. The van der Waals surface area contributed by atoms with Crippen LogP contribution in [0.4, 0.5) is 0 Å². The van der Waals surface area contributed by atoms with E-state index in [2.05, 4.69) is 5.32 Å². The maximum Gasteiger partial charge on any atom is 0.337 e. The molecule has 0 heterocycles. The summed E-state index contributed by atoms with van der Waals surface area (Å²) in [6.07, 6.45) is 6.55. The molecule has 1 N–H and O–H groups in total. The van der Waals surface area contributed by atoms with Crippen molar-refractivity contribution < 1.29 is 14.3 Å². The number of likely N-dealkylation sites (N-methyl/N-ethyl adjacent to an activating group) is 1. The fourth-order valence-electron chi connectivity index (χ4n) is 3.01. The van der Waals surface area contributed by atoms with Crippen LogP contribution in [0.2, 0.25) is 0 Å². The van der Waals surface area contributed by atoms with E-state index in [1.165, 1.54) is 12.7 Å². The van der Waals surface area contributed by atoms with Crippen molar-refractivity contribution in [1.29, 1.82) is 0 Å². The summed E-state index contributed by atoms with van der Waals surface area (Å²) in [6.45, 7) is 1.32. The van der Waals surface area contributed by atoms with Crippen LogP contribution >= 0.6 is 0 Å². The van der Waals surface area contributed by atoms with E-state index in [0.717, 1.165) is 31.4 Å². The first-order valence-corrected chi connectivity index (χ1v) is 8.31. The molecule has 5 heteroatoms. The number of nitrogens with zero attached hydrogens (tertiary/aromatic N) is 1. The van der Waals surface area contributed by atoms with Crippen LogP contribution < -0.4 is 5.32 Å². The average Bonchev–Trinajstić information content (AvgIpc) is 2.58. The number of carbonyl (C=O) groups excluding carboxylic acids is 2. The summed E-state index contributed by atoms with van der Waals surface area (Å²) in [5, 5.41) is 2.97. The number of esters is 1. The molecule has 2 rings (SSSR count). The molecular weight excluding hydrogens is 304 g/mol. The van der Waals surface area contributed by atoms with Crippen LogP contribution in [0.5, 0.6) is 0 Å². The number of rotatable bonds is 6. The van der Waals surface area contributed by atoms with Crippen LogP contribution in [0.15, 0.2) is 30.4 Å². The van der Waals surface area contributed by atoms with Crippen molar-refractivity contribution in [3.63, 3.8) is 0 Å². The minimum absolute atomic E-state index is 0.0758. The second-order valence-electron chi connectivity index (χ2n) is 6.40. The van der Waals surface area contributed by atoms with Gasteiger partial charge in [0.25, 0.3) is 0 Å². The standard InChI is InChI=1S/C19H26N2O3/c1-21(2)11-5-8-18(22)20-13-16-7-4-6-14-9-10-15(12-17(14)16)19(23)24-3/h5,8-10,12,16H,4,6-7,11,13H2,1-3H3,(H,20,22)/b8-5+. The molecule has 1 aromatic carbocycles. The normalized spacial score (nSPS) is 16.9. The summed E-state index contributed by atoms with van der Waals surface area (Å²) in [7, 11) is 5.31. The van der Waals surface area contributed by atoms with Gasteiger partial charge in [-0.3, -0.25) is 4.79 Å². The molecule has 1 amide bonds. The molecule has 0 bridgehead atoms. The zero-order chi connectivity index (χ0) is 17.5. The lowest BCUT2D eigenvalue weighted by Gasteiger charge is -2.26. The monoisotopic (exact) mass is 330 g/mol. The summed E-state index contributed by atoms with van der Waals surface area (Å²) in [4.78, 5) is 25.6. The maximum absolute atomic E-state index is 11.9. The van der Waals surface area contributed by atoms with Gasteiger partial charge in [-0.25, -0.2) is 4.79 Å². The largest absolute Gasteiger partial charge is 0.465 e. The van der Waals surface area contributed by atoms with Crippen molar-refractivity contribution in [3.8, 4) is 0 Å². The average molecular weight is 330 g/mol. The van der Waals surface area contributed by atoms with E-state index < -0.39 is 0 Å². The Kier molecular flexibility index (Phi) is 6.55. The van der Waals surface area contributed by atoms with E-state index in [9.17, 15) is 9.59 Å². The molecule has 5 nitrogen and oxygen atoms in total. The molecule has 0 radical (unpaired) electrons. The second-order valence-corrected chi connectivity index (χ2v) is 6.40. The fourth-order valence-corrected chi connectivity index (χ4v) is 3.01. The molecule has 0 spiro atoms. The molecule has 1 aliphatic carbocycles. The van der Waals surface area contributed by atoms with Crippen LogP contribution in [0, 0.1) is 0 Å². The lowest BCUT2D eigenvalue weighted by molar-refractivity contribution is -0.116. The second kappa shape index (κ2) is 8.64. The fraction of sp³-hybridized carbons (Fsp3) is 0.474. The third-order valence-electron chi connectivity index (χ3n) is 4.27. The Bertz CT molecular complexity index is 623. The van der Waals surface area contributed by atoms with Gasteiger partial charge in [-0.05, 0) is 56.6 Å². The SMILES string of the molecule is COC(=O)c1ccc2c(c1)C(CNC(=O)/C=C/CN(C)C)CCC2. The molecule has 0 saturated heterocycles. The molecule has 1 aliphatic rings.